The molecule has 2 N–H and O–H groups in total. The third-order valence-electron chi connectivity index (χ3n) is 3.06. The van der Waals surface area contributed by atoms with Gasteiger partial charge in [0.1, 0.15) is 0 Å². The highest BCUT2D eigenvalue weighted by molar-refractivity contribution is 6.33. The number of nitrogen functional groups attached to an aromatic ring is 1. The molecule has 0 radical (unpaired) electrons. The monoisotopic (exact) mass is 294 g/mol. The fourth-order valence-corrected chi connectivity index (χ4v) is 2.20. The van der Waals surface area contributed by atoms with Gasteiger partial charge >= 0.3 is 0 Å². The third kappa shape index (κ3) is 2.41. The fourth-order valence-electron chi connectivity index (χ4n) is 1.95. The van der Waals surface area contributed by atoms with Crippen molar-refractivity contribution >= 4 is 17.4 Å². The van der Waals surface area contributed by atoms with Gasteiger partial charge in [-0.25, -0.2) is 0 Å². The number of nitrogens with zero attached hydrogens (tertiary/aromatic N) is 1. The first-order valence-electron chi connectivity index (χ1n) is 6.26. The van der Waals surface area contributed by atoms with Crippen molar-refractivity contribution in [3.05, 3.63) is 23.2 Å². The summed E-state index contributed by atoms with van der Waals surface area (Å²) in [7, 11) is 0. The number of ether oxygens (including phenoxy) is 2. The van der Waals surface area contributed by atoms with Crippen LogP contribution in [0.15, 0.2) is 22.7 Å². The first-order chi connectivity index (χ1) is 9.44. The van der Waals surface area contributed by atoms with Crippen molar-refractivity contribution in [2.45, 2.75) is 13.8 Å². The molecule has 0 unspecified atom stereocenters. The lowest BCUT2D eigenvalue weighted by Gasteiger charge is -2.19. The van der Waals surface area contributed by atoms with Gasteiger partial charge in [0.05, 0.1) is 18.2 Å². The molecule has 0 saturated heterocycles. The van der Waals surface area contributed by atoms with Gasteiger partial charge in [-0.2, -0.15) is 0 Å². The number of hydrogen-bond donors (Lipinski definition) is 1. The van der Waals surface area contributed by atoms with Crippen molar-refractivity contribution in [2.75, 3.05) is 18.9 Å². The van der Waals surface area contributed by atoms with E-state index in [0.29, 0.717) is 46.9 Å². The van der Waals surface area contributed by atoms with E-state index in [1.165, 1.54) is 0 Å². The van der Waals surface area contributed by atoms with E-state index in [4.69, 9.17) is 31.3 Å². The maximum Gasteiger partial charge on any atom is 0.170 e. The molecule has 6 heteroatoms. The van der Waals surface area contributed by atoms with Gasteiger partial charge in [-0.05, 0) is 6.07 Å². The van der Waals surface area contributed by atoms with Crippen molar-refractivity contribution < 1.29 is 14.0 Å². The van der Waals surface area contributed by atoms with Crippen LogP contribution >= 0.6 is 11.6 Å². The summed E-state index contributed by atoms with van der Waals surface area (Å²) in [4.78, 5) is 0. The Bertz CT molecular complexity index is 652. The lowest BCUT2D eigenvalue weighted by Crippen LogP contribution is -2.26. The molecule has 1 aromatic carbocycles. The van der Waals surface area contributed by atoms with Crippen LogP contribution in [0.4, 0.5) is 5.82 Å². The van der Waals surface area contributed by atoms with Crippen molar-refractivity contribution in [2.24, 2.45) is 5.41 Å². The average molecular weight is 295 g/mol. The largest absolute Gasteiger partial charge is 0.489 e. The summed E-state index contributed by atoms with van der Waals surface area (Å²) in [6.45, 7) is 5.31. The zero-order chi connectivity index (χ0) is 14.3. The predicted octanol–water partition coefficient (Wildman–Crippen LogP) is 3.37. The molecule has 5 nitrogen and oxygen atoms in total. The van der Waals surface area contributed by atoms with Gasteiger partial charge in [0.15, 0.2) is 23.1 Å². The van der Waals surface area contributed by atoms with Crippen molar-refractivity contribution in [1.82, 2.24) is 5.16 Å². The van der Waals surface area contributed by atoms with E-state index in [2.05, 4.69) is 19.0 Å². The second-order valence-corrected chi connectivity index (χ2v) is 6.04. The molecule has 0 aliphatic carbocycles. The first kappa shape index (κ1) is 13.1. The zero-order valence-corrected chi connectivity index (χ0v) is 12.0. The molecule has 3 rings (SSSR count). The van der Waals surface area contributed by atoms with Crippen LogP contribution in [0, 0.1) is 5.41 Å². The Morgan fingerprint density at radius 2 is 1.80 bits per heavy atom. The average Bonchev–Trinajstić information content (AvgIpc) is 2.75. The molecule has 2 heterocycles. The van der Waals surface area contributed by atoms with Crippen molar-refractivity contribution in [1.29, 1.82) is 0 Å². The van der Waals surface area contributed by atoms with E-state index >= 15 is 0 Å². The van der Waals surface area contributed by atoms with Crippen LogP contribution in [0.3, 0.4) is 0 Å². The molecular formula is C14H15ClN2O3. The number of benzene rings is 1. The first-order valence-corrected chi connectivity index (χ1v) is 6.64. The Kier molecular flexibility index (Phi) is 3.01. The summed E-state index contributed by atoms with van der Waals surface area (Å²) in [6, 6.07) is 5.14. The van der Waals surface area contributed by atoms with Crippen LogP contribution in [-0.2, 0) is 0 Å². The molecule has 0 bridgehead atoms. The van der Waals surface area contributed by atoms with Crippen LogP contribution in [-0.4, -0.2) is 18.4 Å². The summed E-state index contributed by atoms with van der Waals surface area (Å²) >= 11 is 6.27. The van der Waals surface area contributed by atoms with Crippen LogP contribution in [0.5, 0.6) is 11.5 Å². The van der Waals surface area contributed by atoms with Gasteiger partial charge in [-0.15, -0.1) is 0 Å². The third-order valence-corrected chi connectivity index (χ3v) is 3.38. The molecular weight excluding hydrogens is 280 g/mol. The van der Waals surface area contributed by atoms with E-state index in [0.717, 1.165) is 0 Å². The second-order valence-electron chi connectivity index (χ2n) is 5.64. The molecule has 0 fully saturated rings. The van der Waals surface area contributed by atoms with Crippen LogP contribution in [0.2, 0.25) is 5.02 Å². The summed E-state index contributed by atoms with van der Waals surface area (Å²) in [5, 5.41) is 4.16. The van der Waals surface area contributed by atoms with E-state index in [-0.39, 0.29) is 5.41 Å². The van der Waals surface area contributed by atoms with E-state index < -0.39 is 0 Å². The lowest BCUT2D eigenvalue weighted by atomic mass is 9.97. The molecule has 2 aromatic rings. The number of rotatable bonds is 1. The van der Waals surface area contributed by atoms with Gasteiger partial charge < -0.3 is 19.7 Å². The minimum atomic E-state index is -0.0532. The van der Waals surface area contributed by atoms with E-state index in [9.17, 15) is 0 Å². The van der Waals surface area contributed by atoms with Crippen molar-refractivity contribution in [3.8, 4) is 22.8 Å². The van der Waals surface area contributed by atoms with Crippen LogP contribution in [0.1, 0.15) is 13.8 Å². The molecule has 0 amide bonds. The molecule has 1 aliphatic heterocycles. The molecule has 0 spiro atoms. The van der Waals surface area contributed by atoms with Gasteiger partial charge in [-0.1, -0.05) is 30.6 Å². The molecule has 1 aromatic heterocycles. The Morgan fingerprint density at radius 1 is 1.15 bits per heavy atom. The SMILES string of the molecule is CC1(C)COc2cc(Cl)c(-c3cc(N)no3)cc2OC1. The summed E-state index contributed by atoms with van der Waals surface area (Å²) in [5.74, 6) is 2.09. The Balaban J connectivity index is 2.02. The smallest absolute Gasteiger partial charge is 0.170 e. The molecule has 106 valence electrons. The molecule has 20 heavy (non-hydrogen) atoms. The Morgan fingerprint density at radius 3 is 2.40 bits per heavy atom. The number of anilines is 1. The highest BCUT2D eigenvalue weighted by atomic mass is 35.5. The standard InChI is InChI=1S/C14H15ClN2O3/c1-14(2)6-18-11-3-8(10-5-13(16)17-20-10)9(15)4-12(11)19-7-14/h3-5H,6-7H2,1-2H3,(H2,16,17). The van der Waals surface area contributed by atoms with Crippen molar-refractivity contribution in [3.63, 3.8) is 0 Å². The summed E-state index contributed by atoms with van der Waals surface area (Å²) < 4.78 is 16.7. The molecule has 0 atom stereocenters. The van der Waals surface area contributed by atoms with Crippen LogP contribution < -0.4 is 15.2 Å². The maximum atomic E-state index is 6.27. The lowest BCUT2D eigenvalue weighted by molar-refractivity contribution is 0.140. The van der Waals surface area contributed by atoms with Gasteiger partial charge in [0.25, 0.3) is 0 Å². The van der Waals surface area contributed by atoms with E-state index in [1.807, 2.05) is 0 Å². The number of hydrogen-bond acceptors (Lipinski definition) is 5. The zero-order valence-electron chi connectivity index (χ0n) is 11.3. The maximum absolute atomic E-state index is 6.27. The number of aromatic nitrogens is 1. The topological polar surface area (TPSA) is 70.5 Å². The Labute approximate surface area is 121 Å². The molecule has 1 aliphatic rings. The van der Waals surface area contributed by atoms with Gasteiger partial charge in [-0.3, -0.25) is 0 Å². The normalized spacial score (nSPS) is 16.8. The van der Waals surface area contributed by atoms with Gasteiger partial charge in [0.2, 0.25) is 0 Å². The van der Waals surface area contributed by atoms with E-state index in [1.54, 1.807) is 18.2 Å². The quantitative estimate of drug-likeness (QED) is 0.873. The minimum Gasteiger partial charge on any atom is -0.489 e. The van der Waals surface area contributed by atoms with Crippen LogP contribution in [0.25, 0.3) is 11.3 Å². The number of halogens is 1. The minimum absolute atomic E-state index is 0.0532. The highest BCUT2D eigenvalue weighted by Gasteiger charge is 2.26. The second kappa shape index (κ2) is 4.59. The molecule has 0 saturated carbocycles. The number of fused-ring (bicyclic) bond motifs is 1. The summed E-state index contributed by atoms with van der Waals surface area (Å²) in [5.41, 5.74) is 6.19. The number of nitrogens with two attached hydrogens (primary N) is 1. The Hall–Kier alpha value is -1.88. The summed E-state index contributed by atoms with van der Waals surface area (Å²) in [6.07, 6.45) is 0. The van der Waals surface area contributed by atoms with Gasteiger partial charge in [0, 0.05) is 23.1 Å². The highest BCUT2D eigenvalue weighted by Crippen LogP contribution is 2.41. The fraction of sp³-hybridized carbons (Fsp3) is 0.357. The predicted molar refractivity (Wildman–Crippen MR) is 76.1 cm³/mol.